The number of nitrogens with zero attached hydrogens (tertiary/aromatic N) is 2. The van der Waals surface area contributed by atoms with Crippen LogP contribution in [0, 0.1) is 11.6 Å². The van der Waals surface area contributed by atoms with Gasteiger partial charge in [0.1, 0.15) is 11.6 Å². The molecule has 1 aromatic carbocycles. The lowest BCUT2D eigenvalue weighted by Crippen LogP contribution is -2.53. The van der Waals surface area contributed by atoms with Gasteiger partial charge in [-0.2, -0.15) is 11.8 Å². The van der Waals surface area contributed by atoms with Crippen LogP contribution in [0.3, 0.4) is 0 Å². The van der Waals surface area contributed by atoms with E-state index in [1.807, 2.05) is 6.26 Å². The Balaban J connectivity index is 0.00000264. The number of hydrogen-bond donors (Lipinski definition) is 1. The maximum absolute atomic E-state index is 13.8. The van der Waals surface area contributed by atoms with Crippen molar-refractivity contribution in [2.24, 2.45) is 5.73 Å². The highest BCUT2D eigenvalue weighted by molar-refractivity contribution is 7.98. The molecule has 0 unspecified atom stereocenters. The SMILES string of the molecule is CSCC[C@H](N)C(=O)N1CCN(c2cc(F)ccc2F)CC1.Cl. The van der Waals surface area contributed by atoms with Gasteiger partial charge in [0.05, 0.1) is 11.7 Å². The van der Waals surface area contributed by atoms with Crippen molar-refractivity contribution in [3.05, 3.63) is 29.8 Å². The van der Waals surface area contributed by atoms with Gasteiger partial charge in [0.2, 0.25) is 5.91 Å². The van der Waals surface area contributed by atoms with E-state index in [0.717, 1.165) is 17.9 Å². The third-order valence-corrected chi connectivity index (χ3v) is 4.43. The monoisotopic (exact) mass is 365 g/mol. The predicted octanol–water partition coefficient (Wildman–Crippen LogP) is 2.12. The summed E-state index contributed by atoms with van der Waals surface area (Å²) in [5, 5.41) is 0. The van der Waals surface area contributed by atoms with Gasteiger partial charge in [-0.3, -0.25) is 4.79 Å². The van der Waals surface area contributed by atoms with Gasteiger partial charge in [-0.25, -0.2) is 8.78 Å². The number of anilines is 1. The molecule has 1 aliphatic heterocycles. The van der Waals surface area contributed by atoms with Gasteiger partial charge < -0.3 is 15.5 Å². The van der Waals surface area contributed by atoms with Crippen LogP contribution in [0.4, 0.5) is 14.5 Å². The molecule has 0 bridgehead atoms. The molecule has 1 heterocycles. The van der Waals surface area contributed by atoms with Crippen LogP contribution in [-0.2, 0) is 4.79 Å². The summed E-state index contributed by atoms with van der Waals surface area (Å²) in [6.45, 7) is 1.90. The first-order valence-corrected chi connectivity index (χ1v) is 8.65. The summed E-state index contributed by atoms with van der Waals surface area (Å²) in [4.78, 5) is 15.7. The van der Waals surface area contributed by atoms with Crippen molar-refractivity contribution in [3.63, 3.8) is 0 Å². The average molecular weight is 366 g/mol. The van der Waals surface area contributed by atoms with Gasteiger partial charge >= 0.3 is 0 Å². The molecule has 4 nitrogen and oxygen atoms in total. The molecule has 0 saturated carbocycles. The second-order valence-corrected chi connectivity index (χ2v) is 6.28. The summed E-state index contributed by atoms with van der Waals surface area (Å²) in [6.07, 6.45) is 2.63. The van der Waals surface area contributed by atoms with Crippen molar-refractivity contribution < 1.29 is 13.6 Å². The standard InChI is InChI=1S/C15H21F2N3OS.ClH/c1-22-9-4-13(18)15(21)20-7-5-19(6-8-20)14-10-11(16)2-3-12(14)17;/h2-3,10,13H,4-9,18H2,1H3;1H/t13-;/m0./s1. The molecule has 0 aliphatic carbocycles. The molecule has 0 spiro atoms. The Kier molecular flexibility index (Phi) is 8.08. The first-order chi connectivity index (χ1) is 10.5. The van der Waals surface area contributed by atoms with E-state index in [-0.39, 0.29) is 24.0 Å². The van der Waals surface area contributed by atoms with E-state index in [4.69, 9.17) is 5.73 Å². The summed E-state index contributed by atoms with van der Waals surface area (Å²) >= 11 is 1.66. The van der Waals surface area contributed by atoms with E-state index in [1.54, 1.807) is 21.6 Å². The molecule has 0 aromatic heterocycles. The van der Waals surface area contributed by atoms with Crippen LogP contribution in [0.25, 0.3) is 0 Å². The Morgan fingerprint density at radius 1 is 1.30 bits per heavy atom. The number of benzene rings is 1. The average Bonchev–Trinajstić information content (AvgIpc) is 2.54. The molecule has 1 atom stereocenters. The zero-order valence-electron chi connectivity index (χ0n) is 13.0. The Hall–Kier alpha value is -1.05. The maximum atomic E-state index is 13.8. The van der Waals surface area contributed by atoms with Gasteiger partial charge in [0.15, 0.2) is 0 Å². The first kappa shape index (κ1) is 20.0. The van der Waals surface area contributed by atoms with E-state index in [2.05, 4.69) is 0 Å². The number of halogens is 3. The third-order valence-electron chi connectivity index (χ3n) is 3.79. The largest absolute Gasteiger partial charge is 0.366 e. The smallest absolute Gasteiger partial charge is 0.239 e. The highest BCUT2D eigenvalue weighted by atomic mass is 35.5. The summed E-state index contributed by atoms with van der Waals surface area (Å²) in [5.74, 6) is -0.123. The zero-order valence-corrected chi connectivity index (χ0v) is 14.6. The van der Waals surface area contributed by atoms with Gasteiger partial charge in [0.25, 0.3) is 0 Å². The zero-order chi connectivity index (χ0) is 16.1. The number of thioether (sulfide) groups is 1. The summed E-state index contributed by atoms with van der Waals surface area (Å²) in [7, 11) is 0. The predicted molar refractivity (Wildman–Crippen MR) is 93.4 cm³/mol. The van der Waals surface area contributed by atoms with Crippen LogP contribution < -0.4 is 10.6 Å². The van der Waals surface area contributed by atoms with Crippen molar-refractivity contribution in [1.82, 2.24) is 4.90 Å². The molecule has 1 amide bonds. The minimum Gasteiger partial charge on any atom is -0.366 e. The van der Waals surface area contributed by atoms with Crippen LogP contribution in [-0.4, -0.2) is 55.0 Å². The van der Waals surface area contributed by atoms with E-state index >= 15 is 0 Å². The fourth-order valence-corrected chi connectivity index (χ4v) is 2.99. The second kappa shape index (κ2) is 9.30. The van der Waals surface area contributed by atoms with Crippen LogP contribution >= 0.6 is 24.2 Å². The van der Waals surface area contributed by atoms with E-state index in [1.165, 1.54) is 6.07 Å². The summed E-state index contributed by atoms with van der Waals surface area (Å²) in [6, 6.07) is 2.94. The Labute approximate surface area is 145 Å². The van der Waals surface area contributed by atoms with Gasteiger partial charge in [-0.1, -0.05) is 0 Å². The van der Waals surface area contributed by atoms with Crippen LogP contribution in [0.15, 0.2) is 18.2 Å². The van der Waals surface area contributed by atoms with Gasteiger partial charge in [0, 0.05) is 32.2 Å². The fourth-order valence-electron chi connectivity index (χ4n) is 2.50. The highest BCUT2D eigenvalue weighted by Crippen LogP contribution is 2.22. The number of carbonyl (C=O) groups is 1. The maximum Gasteiger partial charge on any atom is 0.239 e. The highest BCUT2D eigenvalue weighted by Gasteiger charge is 2.26. The second-order valence-electron chi connectivity index (χ2n) is 5.30. The number of amides is 1. The molecule has 1 fully saturated rings. The van der Waals surface area contributed by atoms with E-state index in [9.17, 15) is 13.6 Å². The van der Waals surface area contributed by atoms with Crippen molar-refractivity contribution in [2.75, 3.05) is 43.1 Å². The van der Waals surface area contributed by atoms with E-state index in [0.29, 0.717) is 32.6 Å². The lowest BCUT2D eigenvalue weighted by Gasteiger charge is -2.37. The summed E-state index contributed by atoms with van der Waals surface area (Å²) < 4.78 is 27.0. The normalized spacial score (nSPS) is 16.0. The van der Waals surface area contributed by atoms with Crippen molar-refractivity contribution in [2.45, 2.75) is 12.5 Å². The van der Waals surface area contributed by atoms with Crippen LogP contribution in [0.2, 0.25) is 0 Å². The number of rotatable bonds is 5. The molecular weight excluding hydrogens is 344 g/mol. The quantitative estimate of drug-likeness (QED) is 0.868. The number of hydrogen-bond acceptors (Lipinski definition) is 4. The Bertz CT molecular complexity index is 527. The lowest BCUT2D eigenvalue weighted by molar-refractivity contribution is -0.132. The molecule has 0 radical (unpaired) electrons. The first-order valence-electron chi connectivity index (χ1n) is 7.26. The van der Waals surface area contributed by atoms with Crippen LogP contribution in [0.1, 0.15) is 6.42 Å². The molecule has 2 N–H and O–H groups in total. The minimum absolute atomic E-state index is 0. The molecule has 130 valence electrons. The molecule has 1 aromatic rings. The van der Waals surface area contributed by atoms with Gasteiger partial charge in [-0.15, -0.1) is 12.4 Å². The Morgan fingerprint density at radius 2 is 1.96 bits per heavy atom. The number of piperazine rings is 1. The molecule has 1 aliphatic rings. The molecule has 2 rings (SSSR count). The minimum atomic E-state index is -0.482. The lowest BCUT2D eigenvalue weighted by atomic mass is 10.1. The van der Waals surface area contributed by atoms with Crippen molar-refractivity contribution in [1.29, 1.82) is 0 Å². The van der Waals surface area contributed by atoms with E-state index < -0.39 is 17.7 Å². The number of nitrogens with two attached hydrogens (primary N) is 1. The topological polar surface area (TPSA) is 49.6 Å². The molecule has 8 heteroatoms. The molecule has 1 saturated heterocycles. The third kappa shape index (κ3) is 5.22. The molecule has 23 heavy (non-hydrogen) atoms. The van der Waals surface area contributed by atoms with Crippen LogP contribution in [0.5, 0.6) is 0 Å². The van der Waals surface area contributed by atoms with Gasteiger partial charge in [-0.05, 0) is 30.6 Å². The van der Waals surface area contributed by atoms with Crippen molar-refractivity contribution >= 4 is 35.8 Å². The fraction of sp³-hybridized carbons (Fsp3) is 0.533. The Morgan fingerprint density at radius 3 is 2.57 bits per heavy atom. The summed E-state index contributed by atoms with van der Waals surface area (Å²) in [5.41, 5.74) is 6.15. The number of carbonyl (C=O) groups excluding carboxylic acids is 1. The molecular formula is C15H22ClF2N3OS. The van der Waals surface area contributed by atoms with Crippen molar-refractivity contribution in [3.8, 4) is 0 Å².